The van der Waals surface area contributed by atoms with Crippen LogP contribution in [-0.4, -0.2) is 23.0 Å². The van der Waals surface area contributed by atoms with Crippen molar-refractivity contribution >= 4 is 16.6 Å². The van der Waals surface area contributed by atoms with Gasteiger partial charge in [0.25, 0.3) is 0 Å². The standard InChI is InChI=1S/C25H25NO3/c1-15-16(2)29-25(28-15)19-7-5-18(6-8-19)22-13-23(22)24(27)12-17-3-4-21-14-26-10-9-20(21)11-17/h3-11,14-16,22-23,25H,12-13H2,1-2H3/t15-,16-,22-,23+/m0/s1. The molecule has 4 heteroatoms. The first kappa shape index (κ1) is 18.5. The number of fused-ring (bicyclic) bond motifs is 1. The fraction of sp³-hybridized carbons (Fsp3) is 0.360. The Balaban J connectivity index is 1.22. The summed E-state index contributed by atoms with van der Waals surface area (Å²) < 4.78 is 11.7. The van der Waals surface area contributed by atoms with E-state index in [0.29, 0.717) is 18.1 Å². The maximum absolute atomic E-state index is 12.8. The van der Waals surface area contributed by atoms with Gasteiger partial charge in [0.15, 0.2) is 6.29 Å². The average Bonchev–Trinajstić information content (AvgIpc) is 3.47. The van der Waals surface area contributed by atoms with E-state index in [4.69, 9.17) is 9.47 Å². The number of carbonyl (C=O) groups is 1. The minimum absolute atomic E-state index is 0.108. The van der Waals surface area contributed by atoms with Crippen molar-refractivity contribution in [2.24, 2.45) is 5.92 Å². The summed E-state index contributed by atoms with van der Waals surface area (Å²) in [5.41, 5.74) is 3.35. The van der Waals surface area contributed by atoms with Crippen molar-refractivity contribution in [2.45, 2.75) is 51.1 Å². The molecule has 1 aromatic heterocycles. The molecule has 2 aromatic carbocycles. The lowest BCUT2D eigenvalue weighted by Crippen LogP contribution is -2.13. The largest absolute Gasteiger partial charge is 0.343 e. The van der Waals surface area contributed by atoms with Crippen LogP contribution in [0.15, 0.2) is 60.9 Å². The monoisotopic (exact) mass is 387 g/mol. The zero-order valence-electron chi connectivity index (χ0n) is 16.7. The van der Waals surface area contributed by atoms with Crippen LogP contribution in [0.4, 0.5) is 0 Å². The van der Waals surface area contributed by atoms with E-state index in [0.717, 1.165) is 28.3 Å². The van der Waals surface area contributed by atoms with Crippen molar-refractivity contribution in [3.63, 3.8) is 0 Å². The molecule has 0 N–H and O–H groups in total. The summed E-state index contributed by atoms with van der Waals surface area (Å²) >= 11 is 0. The number of aromatic nitrogens is 1. The maximum atomic E-state index is 12.8. The molecule has 2 aliphatic rings. The average molecular weight is 387 g/mol. The third-order valence-corrected chi connectivity index (χ3v) is 6.26. The fourth-order valence-electron chi connectivity index (χ4n) is 4.20. The van der Waals surface area contributed by atoms with Crippen LogP contribution >= 0.6 is 0 Å². The maximum Gasteiger partial charge on any atom is 0.184 e. The van der Waals surface area contributed by atoms with Crippen molar-refractivity contribution in [1.82, 2.24) is 4.98 Å². The molecule has 0 bridgehead atoms. The molecule has 29 heavy (non-hydrogen) atoms. The molecule has 5 rings (SSSR count). The van der Waals surface area contributed by atoms with Crippen LogP contribution in [0.1, 0.15) is 49.2 Å². The summed E-state index contributed by atoms with van der Waals surface area (Å²) in [6.45, 7) is 4.07. The number of hydrogen-bond acceptors (Lipinski definition) is 4. The summed E-state index contributed by atoms with van der Waals surface area (Å²) in [5, 5.41) is 2.24. The number of pyridine rings is 1. The van der Waals surface area contributed by atoms with Crippen LogP contribution < -0.4 is 0 Å². The number of ketones is 1. The number of nitrogens with zero attached hydrogens (tertiary/aromatic N) is 1. The van der Waals surface area contributed by atoms with E-state index in [1.807, 2.05) is 38.2 Å². The lowest BCUT2D eigenvalue weighted by molar-refractivity contribution is -0.119. The van der Waals surface area contributed by atoms with Gasteiger partial charge in [-0.25, -0.2) is 0 Å². The predicted octanol–water partition coefficient (Wildman–Crippen LogP) is 4.97. The van der Waals surface area contributed by atoms with E-state index in [9.17, 15) is 4.79 Å². The molecule has 1 saturated carbocycles. The van der Waals surface area contributed by atoms with Gasteiger partial charge in [0.05, 0.1) is 12.2 Å². The molecule has 0 spiro atoms. The van der Waals surface area contributed by atoms with Crippen molar-refractivity contribution in [3.05, 3.63) is 77.6 Å². The molecule has 4 atom stereocenters. The van der Waals surface area contributed by atoms with E-state index in [1.165, 1.54) is 5.56 Å². The third kappa shape index (κ3) is 3.70. The lowest BCUT2D eigenvalue weighted by atomic mass is 10.0. The van der Waals surface area contributed by atoms with Crippen LogP contribution in [0.25, 0.3) is 10.8 Å². The summed E-state index contributed by atoms with van der Waals surface area (Å²) in [6.07, 6.45) is 5.01. The van der Waals surface area contributed by atoms with Gasteiger partial charge in [-0.15, -0.1) is 0 Å². The van der Waals surface area contributed by atoms with Crippen molar-refractivity contribution < 1.29 is 14.3 Å². The summed E-state index contributed by atoms with van der Waals surface area (Å²) in [5.74, 6) is 0.801. The van der Waals surface area contributed by atoms with Crippen LogP contribution in [0.5, 0.6) is 0 Å². The highest BCUT2D eigenvalue weighted by Gasteiger charge is 2.43. The number of benzene rings is 2. The fourth-order valence-corrected chi connectivity index (χ4v) is 4.20. The zero-order valence-corrected chi connectivity index (χ0v) is 16.7. The zero-order chi connectivity index (χ0) is 20.0. The molecule has 3 aromatic rings. The summed E-state index contributed by atoms with van der Waals surface area (Å²) in [4.78, 5) is 16.9. The molecule has 0 amide bonds. The quantitative estimate of drug-likeness (QED) is 0.620. The molecule has 0 unspecified atom stereocenters. The molecule has 1 saturated heterocycles. The number of hydrogen-bond donors (Lipinski definition) is 0. The van der Waals surface area contributed by atoms with Crippen molar-refractivity contribution in [1.29, 1.82) is 0 Å². The van der Waals surface area contributed by atoms with E-state index in [1.54, 1.807) is 6.20 Å². The Kier molecular flexibility index (Phi) is 4.69. The van der Waals surface area contributed by atoms with E-state index >= 15 is 0 Å². The van der Waals surface area contributed by atoms with Gasteiger partial charge in [-0.05, 0) is 48.8 Å². The van der Waals surface area contributed by atoms with Gasteiger partial charge in [0.1, 0.15) is 5.78 Å². The molecule has 2 fully saturated rings. The normalized spacial score (nSPS) is 26.7. The topological polar surface area (TPSA) is 48.4 Å². The van der Waals surface area contributed by atoms with Gasteiger partial charge in [-0.1, -0.05) is 42.5 Å². The van der Waals surface area contributed by atoms with Gasteiger partial charge in [-0.2, -0.15) is 0 Å². The lowest BCUT2D eigenvalue weighted by Gasteiger charge is -2.11. The van der Waals surface area contributed by atoms with Crippen LogP contribution in [0.3, 0.4) is 0 Å². The first-order chi connectivity index (χ1) is 14.1. The Hall–Kier alpha value is -2.56. The molecular formula is C25H25NO3. The van der Waals surface area contributed by atoms with Gasteiger partial charge in [0.2, 0.25) is 0 Å². The second-order valence-electron chi connectivity index (χ2n) is 8.33. The minimum atomic E-state index is -0.284. The Morgan fingerprint density at radius 1 is 0.966 bits per heavy atom. The van der Waals surface area contributed by atoms with E-state index in [-0.39, 0.29) is 24.4 Å². The third-order valence-electron chi connectivity index (χ3n) is 6.26. The molecule has 148 valence electrons. The van der Waals surface area contributed by atoms with Gasteiger partial charge in [-0.3, -0.25) is 9.78 Å². The number of rotatable bonds is 5. The summed E-state index contributed by atoms with van der Waals surface area (Å²) in [7, 11) is 0. The predicted molar refractivity (Wildman–Crippen MR) is 112 cm³/mol. The van der Waals surface area contributed by atoms with Gasteiger partial charge < -0.3 is 9.47 Å². The summed E-state index contributed by atoms with van der Waals surface area (Å²) in [6, 6.07) is 16.6. The first-order valence-electron chi connectivity index (χ1n) is 10.3. The number of ether oxygens (including phenoxy) is 2. The van der Waals surface area contributed by atoms with Crippen LogP contribution in [0, 0.1) is 5.92 Å². The smallest absolute Gasteiger partial charge is 0.184 e. The highest BCUT2D eigenvalue weighted by molar-refractivity contribution is 5.89. The SMILES string of the molecule is C[C@@H]1OC(c2ccc([C@@H]3C[C@H]3C(=O)Cc3ccc4cnccc4c3)cc2)O[C@H]1C. The van der Waals surface area contributed by atoms with Gasteiger partial charge >= 0.3 is 0 Å². The Morgan fingerprint density at radius 2 is 1.69 bits per heavy atom. The number of Topliss-reactive ketones (excluding diaryl/α,β-unsaturated/α-hetero) is 1. The second-order valence-corrected chi connectivity index (χ2v) is 8.33. The van der Waals surface area contributed by atoms with Crippen LogP contribution in [0.2, 0.25) is 0 Å². The molecule has 1 aliphatic heterocycles. The Morgan fingerprint density at radius 3 is 2.45 bits per heavy atom. The minimum Gasteiger partial charge on any atom is -0.343 e. The highest BCUT2D eigenvalue weighted by atomic mass is 16.7. The van der Waals surface area contributed by atoms with E-state index < -0.39 is 0 Å². The second kappa shape index (κ2) is 7.36. The Bertz CT molecular complexity index is 1040. The van der Waals surface area contributed by atoms with Crippen molar-refractivity contribution in [3.8, 4) is 0 Å². The molecule has 1 aliphatic carbocycles. The molecular weight excluding hydrogens is 362 g/mol. The first-order valence-corrected chi connectivity index (χ1v) is 10.3. The van der Waals surface area contributed by atoms with Crippen molar-refractivity contribution in [2.75, 3.05) is 0 Å². The molecule has 2 heterocycles. The van der Waals surface area contributed by atoms with Crippen LogP contribution in [-0.2, 0) is 20.7 Å². The van der Waals surface area contributed by atoms with Gasteiger partial charge in [0, 0.05) is 35.7 Å². The highest BCUT2D eigenvalue weighted by Crippen LogP contribution is 2.48. The molecule has 0 radical (unpaired) electrons. The molecule has 4 nitrogen and oxygen atoms in total. The van der Waals surface area contributed by atoms with E-state index in [2.05, 4.69) is 35.3 Å². The number of carbonyl (C=O) groups excluding carboxylic acids is 1. The Labute approximate surface area is 170 Å².